The Morgan fingerprint density at radius 2 is 2.11 bits per heavy atom. The molecule has 0 fully saturated rings. The van der Waals surface area contributed by atoms with Crippen LogP contribution in [0.5, 0.6) is 0 Å². The van der Waals surface area contributed by atoms with Crippen molar-refractivity contribution in [3.8, 4) is 0 Å². The SMILES string of the molecule is Cc1ccc2nc(SCCNC(C)(C)C)[nH]c2c1. The smallest absolute Gasteiger partial charge is 0.166 e. The van der Waals surface area contributed by atoms with Crippen LogP contribution in [0.3, 0.4) is 0 Å². The zero-order valence-corrected chi connectivity index (χ0v) is 12.3. The van der Waals surface area contributed by atoms with Gasteiger partial charge < -0.3 is 10.3 Å². The fraction of sp³-hybridized carbons (Fsp3) is 0.500. The van der Waals surface area contributed by atoms with Crippen molar-refractivity contribution < 1.29 is 0 Å². The molecule has 1 aromatic heterocycles. The van der Waals surface area contributed by atoms with E-state index in [1.807, 2.05) is 0 Å². The Morgan fingerprint density at radius 1 is 1.33 bits per heavy atom. The van der Waals surface area contributed by atoms with Crippen LogP contribution < -0.4 is 5.32 Å². The van der Waals surface area contributed by atoms with Gasteiger partial charge in [0.1, 0.15) is 0 Å². The fourth-order valence-electron chi connectivity index (χ4n) is 1.74. The summed E-state index contributed by atoms with van der Waals surface area (Å²) in [6, 6.07) is 6.30. The summed E-state index contributed by atoms with van der Waals surface area (Å²) in [6.45, 7) is 9.63. The standard InChI is InChI=1S/C14H21N3S/c1-10-5-6-11-12(9-10)17-13(16-11)18-8-7-15-14(2,3)4/h5-6,9,15H,7-8H2,1-4H3,(H,16,17). The van der Waals surface area contributed by atoms with Gasteiger partial charge in [0, 0.05) is 17.8 Å². The van der Waals surface area contributed by atoms with Crippen molar-refractivity contribution in [3.63, 3.8) is 0 Å². The molecule has 0 atom stereocenters. The average Bonchev–Trinajstić information content (AvgIpc) is 2.65. The minimum atomic E-state index is 0.186. The molecule has 4 heteroatoms. The van der Waals surface area contributed by atoms with Gasteiger partial charge in [-0.15, -0.1) is 0 Å². The number of aryl methyl sites for hydroxylation is 1. The lowest BCUT2D eigenvalue weighted by atomic mass is 10.1. The minimum absolute atomic E-state index is 0.186. The lowest BCUT2D eigenvalue weighted by Gasteiger charge is -2.19. The molecule has 2 aromatic rings. The third-order valence-corrected chi connectivity index (χ3v) is 3.49. The van der Waals surface area contributed by atoms with Crippen molar-refractivity contribution in [3.05, 3.63) is 23.8 Å². The van der Waals surface area contributed by atoms with E-state index in [9.17, 15) is 0 Å². The van der Waals surface area contributed by atoms with Crippen LogP contribution in [0.15, 0.2) is 23.4 Å². The second-order valence-corrected chi connectivity index (χ2v) is 6.67. The van der Waals surface area contributed by atoms with Crippen LogP contribution in [0.4, 0.5) is 0 Å². The molecule has 0 spiro atoms. The minimum Gasteiger partial charge on any atom is -0.333 e. The van der Waals surface area contributed by atoms with E-state index in [-0.39, 0.29) is 5.54 Å². The third-order valence-electron chi connectivity index (χ3n) is 2.61. The normalized spacial score (nSPS) is 12.2. The first kappa shape index (κ1) is 13.4. The summed E-state index contributed by atoms with van der Waals surface area (Å²) < 4.78 is 0. The van der Waals surface area contributed by atoms with Gasteiger partial charge in [-0.25, -0.2) is 4.98 Å². The Morgan fingerprint density at radius 3 is 2.83 bits per heavy atom. The molecule has 2 N–H and O–H groups in total. The summed E-state index contributed by atoms with van der Waals surface area (Å²) in [5.41, 5.74) is 3.62. The van der Waals surface area contributed by atoms with Crippen LogP contribution in [0.2, 0.25) is 0 Å². The molecule has 0 saturated heterocycles. The van der Waals surface area contributed by atoms with Gasteiger partial charge in [0.15, 0.2) is 5.16 Å². The number of nitrogens with zero attached hydrogens (tertiary/aromatic N) is 1. The molecule has 0 unspecified atom stereocenters. The Labute approximate surface area is 113 Å². The molecule has 0 saturated carbocycles. The fourth-order valence-corrected chi connectivity index (χ4v) is 2.48. The quantitative estimate of drug-likeness (QED) is 0.656. The van der Waals surface area contributed by atoms with Crippen molar-refractivity contribution in [1.29, 1.82) is 0 Å². The van der Waals surface area contributed by atoms with Crippen molar-refractivity contribution in [2.45, 2.75) is 38.4 Å². The number of hydrogen-bond acceptors (Lipinski definition) is 3. The van der Waals surface area contributed by atoms with Gasteiger partial charge >= 0.3 is 0 Å². The molecule has 0 radical (unpaired) electrons. The van der Waals surface area contributed by atoms with Crippen LogP contribution in [0, 0.1) is 6.92 Å². The van der Waals surface area contributed by atoms with Crippen molar-refractivity contribution in [2.24, 2.45) is 0 Å². The number of fused-ring (bicyclic) bond motifs is 1. The molecule has 3 nitrogen and oxygen atoms in total. The molecule has 1 aromatic carbocycles. The van der Waals surface area contributed by atoms with Gasteiger partial charge in [-0.3, -0.25) is 0 Å². The van der Waals surface area contributed by atoms with Gasteiger partial charge in [-0.1, -0.05) is 17.8 Å². The third kappa shape index (κ3) is 3.75. The van der Waals surface area contributed by atoms with E-state index in [1.54, 1.807) is 11.8 Å². The maximum atomic E-state index is 4.57. The number of thioether (sulfide) groups is 1. The van der Waals surface area contributed by atoms with Crippen LogP contribution >= 0.6 is 11.8 Å². The molecule has 98 valence electrons. The summed E-state index contributed by atoms with van der Waals surface area (Å²) in [5, 5.41) is 4.48. The van der Waals surface area contributed by atoms with Gasteiger partial charge in [-0.2, -0.15) is 0 Å². The number of hydrogen-bond donors (Lipinski definition) is 2. The van der Waals surface area contributed by atoms with Crippen molar-refractivity contribution >= 4 is 22.8 Å². The molecular weight excluding hydrogens is 242 g/mol. The first-order valence-electron chi connectivity index (χ1n) is 6.28. The predicted octanol–water partition coefficient (Wildman–Crippen LogP) is 3.35. The summed E-state index contributed by atoms with van der Waals surface area (Å²) >= 11 is 1.76. The molecule has 0 aliphatic carbocycles. The van der Waals surface area contributed by atoms with Crippen LogP contribution in [-0.4, -0.2) is 27.8 Å². The molecule has 0 aliphatic heterocycles. The maximum absolute atomic E-state index is 4.57. The summed E-state index contributed by atoms with van der Waals surface area (Å²) in [4.78, 5) is 7.93. The number of aromatic nitrogens is 2. The highest BCUT2D eigenvalue weighted by molar-refractivity contribution is 7.99. The number of imidazole rings is 1. The Kier molecular flexibility index (Phi) is 3.97. The summed E-state index contributed by atoms with van der Waals surface area (Å²) in [6.07, 6.45) is 0. The summed E-state index contributed by atoms with van der Waals surface area (Å²) in [5.74, 6) is 1.02. The number of benzene rings is 1. The first-order chi connectivity index (χ1) is 8.44. The molecular formula is C14H21N3S. The lowest BCUT2D eigenvalue weighted by molar-refractivity contribution is 0.441. The zero-order valence-electron chi connectivity index (χ0n) is 11.5. The van der Waals surface area contributed by atoms with Crippen LogP contribution in [0.1, 0.15) is 26.3 Å². The van der Waals surface area contributed by atoms with E-state index in [4.69, 9.17) is 0 Å². The van der Waals surface area contributed by atoms with Gasteiger partial charge in [0.2, 0.25) is 0 Å². The largest absolute Gasteiger partial charge is 0.333 e. The predicted molar refractivity (Wildman–Crippen MR) is 79.3 cm³/mol. The van der Waals surface area contributed by atoms with E-state index in [2.05, 4.69) is 61.2 Å². The van der Waals surface area contributed by atoms with Crippen molar-refractivity contribution in [2.75, 3.05) is 12.3 Å². The molecule has 2 rings (SSSR count). The number of rotatable bonds is 4. The highest BCUT2D eigenvalue weighted by Gasteiger charge is 2.08. The molecule has 0 aliphatic rings. The van der Waals surface area contributed by atoms with E-state index in [1.165, 1.54) is 5.56 Å². The Balaban J connectivity index is 1.92. The molecule has 18 heavy (non-hydrogen) atoms. The van der Waals surface area contributed by atoms with Gasteiger partial charge in [0.05, 0.1) is 11.0 Å². The maximum Gasteiger partial charge on any atom is 0.166 e. The van der Waals surface area contributed by atoms with E-state index < -0.39 is 0 Å². The van der Waals surface area contributed by atoms with E-state index in [0.29, 0.717) is 0 Å². The van der Waals surface area contributed by atoms with Gasteiger partial charge in [-0.05, 0) is 45.4 Å². The van der Waals surface area contributed by atoms with E-state index in [0.717, 1.165) is 28.5 Å². The first-order valence-corrected chi connectivity index (χ1v) is 7.27. The number of H-pyrrole nitrogens is 1. The number of nitrogens with one attached hydrogen (secondary N) is 2. The van der Waals surface area contributed by atoms with Crippen LogP contribution in [-0.2, 0) is 0 Å². The topological polar surface area (TPSA) is 40.7 Å². The molecule has 0 bridgehead atoms. The number of aromatic amines is 1. The zero-order chi connectivity index (χ0) is 13.2. The van der Waals surface area contributed by atoms with Gasteiger partial charge in [0.25, 0.3) is 0 Å². The highest BCUT2D eigenvalue weighted by atomic mass is 32.2. The average molecular weight is 263 g/mol. The lowest BCUT2D eigenvalue weighted by Crippen LogP contribution is -2.37. The molecule has 1 heterocycles. The van der Waals surface area contributed by atoms with Crippen LogP contribution in [0.25, 0.3) is 11.0 Å². The van der Waals surface area contributed by atoms with Crippen molar-refractivity contribution in [1.82, 2.24) is 15.3 Å². The molecule has 0 amide bonds. The second-order valence-electron chi connectivity index (χ2n) is 5.59. The highest BCUT2D eigenvalue weighted by Crippen LogP contribution is 2.19. The van der Waals surface area contributed by atoms with E-state index >= 15 is 0 Å². The Hall–Kier alpha value is -1.00. The summed E-state index contributed by atoms with van der Waals surface area (Å²) in [7, 11) is 0. The Bertz CT molecular complexity index is 525. The second kappa shape index (κ2) is 5.33. The monoisotopic (exact) mass is 263 g/mol.